The lowest BCUT2D eigenvalue weighted by Crippen LogP contribution is -2.26. The summed E-state index contributed by atoms with van der Waals surface area (Å²) in [5, 5.41) is 11.6. The Morgan fingerprint density at radius 1 is 1.10 bits per heavy atom. The number of hydrogen-bond donors (Lipinski definition) is 1. The number of aliphatic carboxylic acids is 1. The van der Waals surface area contributed by atoms with Crippen molar-refractivity contribution in [2.24, 2.45) is 0 Å². The van der Waals surface area contributed by atoms with Crippen LogP contribution in [0.2, 0.25) is 0 Å². The second kappa shape index (κ2) is 8.63. The summed E-state index contributed by atoms with van der Waals surface area (Å²) in [4.78, 5) is 30.1. The molecule has 0 aliphatic rings. The van der Waals surface area contributed by atoms with Gasteiger partial charge < -0.3 is 5.11 Å². The van der Waals surface area contributed by atoms with Gasteiger partial charge in [-0.25, -0.2) is 4.98 Å². The van der Waals surface area contributed by atoms with Crippen molar-refractivity contribution in [3.63, 3.8) is 0 Å². The molecule has 0 radical (unpaired) electrons. The summed E-state index contributed by atoms with van der Waals surface area (Å²) in [6, 6.07) is 18.0. The number of rotatable bonds is 7. The highest BCUT2D eigenvalue weighted by Crippen LogP contribution is 2.31. The van der Waals surface area contributed by atoms with Crippen molar-refractivity contribution in [2.45, 2.75) is 32.7 Å². The zero-order valence-corrected chi connectivity index (χ0v) is 17.5. The molecule has 5 nitrogen and oxygen atoms in total. The fourth-order valence-corrected chi connectivity index (χ4v) is 4.50. The first-order valence-electron chi connectivity index (χ1n) is 9.86. The van der Waals surface area contributed by atoms with Crippen LogP contribution in [0.4, 0.5) is 0 Å². The van der Waals surface area contributed by atoms with Gasteiger partial charge in [-0.1, -0.05) is 60.2 Å². The SMILES string of the molecule is Cc1ccc(-c2csc3nc(Cc4ccccc4)n(CCCC(=O)O)c(=O)c23)cc1. The van der Waals surface area contributed by atoms with E-state index < -0.39 is 5.97 Å². The third-order valence-corrected chi connectivity index (χ3v) is 5.99. The van der Waals surface area contributed by atoms with Crippen molar-refractivity contribution in [2.75, 3.05) is 0 Å². The first kappa shape index (κ1) is 20.0. The van der Waals surface area contributed by atoms with E-state index in [4.69, 9.17) is 10.1 Å². The van der Waals surface area contributed by atoms with Gasteiger partial charge in [-0.2, -0.15) is 0 Å². The second-order valence-electron chi connectivity index (χ2n) is 7.34. The average Bonchev–Trinajstić information content (AvgIpc) is 3.15. The van der Waals surface area contributed by atoms with Crippen molar-refractivity contribution in [3.05, 3.63) is 87.3 Å². The minimum Gasteiger partial charge on any atom is -0.481 e. The molecule has 1 N–H and O–H groups in total. The lowest BCUT2D eigenvalue weighted by molar-refractivity contribution is -0.137. The lowest BCUT2D eigenvalue weighted by Gasteiger charge is -2.13. The molecule has 152 valence electrons. The largest absolute Gasteiger partial charge is 0.481 e. The fraction of sp³-hybridized carbons (Fsp3) is 0.208. The number of carboxylic acid groups (broad SMARTS) is 1. The van der Waals surface area contributed by atoms with Crippen molar-refractivity contribution in [3.8, 4) is 11.1 Å². The predicted octanol–water partition coefficient (Wildman–Crippen LogP) is 4.89. The Hall–Kier alpha value is -3.25. The summed E-state index contributed by atoms with van der Waals surface area (Å²) >= 11 is 1.47. The van der Waals surface area contributed by atoms with Crippen molar-refractivity contribution >= 4 is 27.5 Å². The molecular weight excluding hydrogens is 396 g/mol. The fourth-order valence-electron chi connectivity index (χ4n) is 3.54. The lowest BCUT2D eigenvalue weighted by atomic mass is 10.0. The Morgan fingerprint density at radius 2 is 1.83 bits per heavy atom. The van der Waals surface area contributed by atoms with Gasteiger partial charge in [0.15, 0.2) is 0 Å². The number of carboxylic acids is 1. The van der Waals surface area contributed by atoms with E-state index in [-0.39, 0.29) is 12.0 Å². The Labute approximate surface area is 178 Å². The third kappa shape index (κ3) is 4.19. The maximum absolute atomic E-state index is 13.5. The van der Waals surface area contributed by atoms with Crippen molar-refractivity contribution in [1.29, 1.82) is 0 Å². The maximum atomic E-state index is 13.5. The van der Waals surface area contributed by atoms with Gasteiger partial charge >= 0.3 is 5.97 Å². The van der Waals surface area contributed by atoms with Crippen LogP contribution >= 0.6 is 11.3 Å². The Kier molecular flexibility index (Phi) is 5.77. The molecule has 0 atom stereocenters. The first-order chi connectivity index (χ1) is 14.5. The monoisotopic (exact) mass is 418 g/mol. The molecule has 0 unspecified atom stereocenters. The van der Waals surface area contributed by atoms with E-state index in [1.54, 1.807) is 4.57 Å². The summed E-state index contributed by atoms with van der Waals surface area (Å²) in [5.41, 5.74) is 3.98. The van der Waals surface area contributed by atoms with Crippen LogP contribution in [-0.2, 0) is 17.8 Å². The number of carbonyl (C=O) groups is 1. The number of hydrogen-bond acceptors (Lipinski definition) is 4. The zero-order chi connectivity index (χ0) is 21.1. The van der Waals surface area contributed by atoms with Gasteiger partial charge in [0.25, 0.3) is 5.56 Å². The molecule has 0 saturated carbocycles. The summed E-state index contributed by atoms with van der Waals surface area (Å²) < 4.78 is 1.66. The number of thiophene rings is 1. The third-order valence-electron chi connectivity index (χ3n) is 5.11. The molecule has 0 amide bonds. The van der Waals surface area contributed by atoms with Crippen LogP contribution in [-0.4, -0.2) is 20.6 Å². The van der Waals surface area contributed by atoms with E-state index in [9.17, 15) is 9.59 Å². The first-order valence-corrected chi connectivity index (χ1v) is 10.7. The Balaban J connectivity index is 1.83. The van der Waals surface area contributed by atoms with Crippen LogP contribution in [0, 0.1) is 6.92 Å². The molecule has 0 aliphatic carbocycles. The van der Waals surface area contributed by atoms with E-state index in [0.717, 1.165) is 27.1 Å². The van der Waals surface area contributed by atoms with Crippen LogP contribution in [0.15, 0.2) is 64.8 Å². The standard InChI is InChI=1S/C24H22N2O3S/c1-16-9-11-18(12-10-16)19-15-30-23-22(19)24(29)26(13-5-8-21(27)28)20(25-23)14-17-6-3-2-4-7-17/h2-4,6-7,9-12,15H,5,8,13-14H2,1H3,(H,27,28). The topological polar surface area (TPSA) is 72.2 Å². The van der Waals surface area contributed by atoms with Crippen molar-refractivity contribution < 1.29 is 9.90 Å². The quantitative estimate of drug-likeness (QED) is 0.464. The summed E-state index contributed by atoms with van der Waals surface area (Å²) in [6.07, 6.45) is 0.925. The molecule has 6 heteroatoms. The second-order valence-corrected chi connectivity index (χ2v) is 8.20. The molecule has 0 spiro atoms. The molecule has 0 saturated heterocycles. The minimum absolute atomic E-state index is 0.0176. The van der Waals surface area contributed by atoms with E-state index in [1.807, 2.05) is 66.9 Å². The predicted molar refractivity (Wildman–Crippen MR) is 120 cm³/mol. The maximum Gasteiger partial charge on any atom is 0.303 e. The number of nitrogens with zero attached hydrogens (tertiary/aromatic N) is 2. The van der Waals surface area contributed by atoms with E-state index in [1.165, 1.54) is 11.3 Å². The summed E-state index contributed by atoms with van der Waals surface area (Å²) in [5.74, 6) is -0.195. The molecule has 2 aromatic heterocycles. The molecule has 4 aromatic rings. The summed E-state index contributed by atoms with van der Waals surface area (Å²) in [6.45, 7) is 2.36. The van der Waals surface area contributed by atoms with Gasteiger partial charge in [-0.15, -0.1) is 11.3 Å². The van der Waals surface area contributed by atoms with Crippen LogP contribution in [0.1, 0.15) is 29.8 Å². The Bertz CT molecular complexity index is 1240. The molecule has 2 heterocycles. The molecule has 30 heavy (non-hydrogen) atoms. The molecule has 0 fully saturated rings. The van der Waals surface area contributed by atoms with E-state index >= 15 is 0 Å². The molecule has 2 aromatic carbocycles. The van der Waals surface area contributed by atoms with Gasteiger partial charge in [0.1, 0.15) is 10.7 Å². The highest BCUT2D eigenvalue weighted by molar-refractivity contribution is 7.17. The van der Waals surface area contributed by atoms with Gasteiger partial charge in [-0.3, -0.25) is 14.2 Å². The number of aryl methyl sites for hydroxylation is 1. The Morgan fingerprint density at radius 3 is 2.53 bits per heavy atom. The van der Waals surface area contributed by atoms with Crippen LogP contribution in [0.3, 0.4) is 0 Å². The van der Waals surface area contributed by atoms with Crippen molar-refractivity contribution in [1.82, 2.24) is 9.55 Å². The van der Waals surface area contributed by atoms with Crippen LogP contribution in [0.25, 0.3) is 21.3 Å². The molecule has 0 bridgehead atoms. The van der Waals surface area contributed by atoms with Gasteiger partial charge in [0.2, 0.25) is 0 Å². The molecule has 4 rings (SSSR count). The molecule has 0 aliphatic heterocycles. The molecular formula is C24H22N2O3S. The number of benzene rings is 2. The van der Waals surface area contributed by atoms with E-state index in [2.05, 4.69) is 0 Å². The van der Waals surface area contributed by atoms with Gasteiger partial charge in [-0.05, 0) is 24.5 Å². The smallest absolute Gasteiger partial charge is 0.303 e. The minimum atomic E-state index is -0.863. The average molecular weight is 419 g/mol. The normalized spacial score (nSPS) is 11.1. The summed E-state index contributed by atoms with van der Waals surface area (Å²) in [7, 11) is 0. The highest BCUT2D eigenvalue weighted by atomic mass is 32.1. The van der Waals surface area contributed by atoms with E-state index in [0.29, 0.717) is 30.6 Å². The number of aromatic nitrogens is 2. The van der Waals surface area contributed by atoms with Gasteiger partial charge in [0, 0.05) is 30.3 Å². The van der Waals surface area contributed by atoms with Gasteiger partial charge in [0.05, 0.1) is 5.39 Å². The highest BCUT2D eigenvalue weighted by Gasteiger charge is 2.17. The zero-order valence-electron chi connectivity index (χ0n) is 16.7. The van der Waals surface area contributed by atoms with Crippen LogP contribution < -0.4 is 5.56 Å². The van der Waals surface area contributed by atoms with Crippen LogP contribution in [0.5, 0.6) is 0 Å². The number of fused-ring (bicyclic) bond motifs is 1.